The van der Waals surface area contributed by atoms with E-state index in [0.717, 1.165) is 28.2 Å². The first-order valence-corrected chi connectivity index (χ1v) is 9.49. The van der Waals surface area contributed by atoms with Crippen molar-refractivity contribution in [3.05, 3.63) is 102 Å². The molecule has 4 aromatic rings. The predicted molar refractivity (Wildman–Crippen MR) is 119 cm³/mol. The van der Waals surface area contributed by atoms with Crippen LogP contribution in [0.5, 0.6) is 0 Å². The Balaban J connectivity index is 1.45. The number of nitrogens with one attached hydrogen (secondary N) is 1. The summed E-state index contributed by atoms with van der Waals surface area (Å²) < 4.78 is 5.87. The maximum atomic E-state index is 11.1. The van der Waals surface area contributed by atoms with E-state index in [2.05, 4.69) is 10.3 Å². The van der Waals surface area contributed by atoms with Crippen LogP contribution in [0.15, 0.2) is 94.3 Å². The number of rotatable bonds is 6. The summed E-state index contributed by atoms with van der Waals surface area (Å²) in [6, 6.07) is 26.5. The van der Waals surface area contributed by atoms with E-state index in [1.54, 1.807) is 24.4 Å². The smallest absolute Gasteiger partial charge is 0.335 e. The van der Waals surface area contributed by atoms with Gasteiger partial charge in [-0.1, -0.05) is 24.3 Å². The van der Waals surface area contributed by atoms with Crippen molar-refractivity contribution >= 4 is 29.2 Å². The highest BCUT2D eigenvalue weighted by atomic mass is 16.4. The maximum Gasteiger partial charge on any atom is 0.335 e. The van der Waals surface area contributed by atoms with Gasteiger partial charge in [-0.15, -0.1) is 0 Å². The second-order valence-electron chi connectivity index (χ2n) is 6.83. The SMILES string of the molecule is Cc1cc(C(=O)O)ccc1-c1ccc(C=Nc2ccc(Nc3ccccc3)cc2)o1. The molecule has 0 aliphatic heterocycles. The lowest BCUT2D eigenvalue weighted by atomic mass is 10.0. The molecule has 0 radical (unpaired) electrons. The van der Waals surface area contributed by atoms with Crippen molar-refractivity contribution in [3.8, 4) is 11.3 Å². The zero-order chi connectivity index (χ0) is 20.9. The summed E-state index contributed by atoms with van der Waals surface area (Å²) in [6.07, 6.45) is 1.67. The first kappa shape index (κ1) is 19.2. The van der Waals surface area contributed by atoms with Crippen molar-refractivity contribution < 1.29 is 14.3 Å². The van der Waals surface area contributed by atoms with Crippen LogP contribution in [0.3, 0.4) is 0 Å². The number of aromatic carboxylic acids is 1. The number of hydrogen-bond acceptors (Lipinski definition) is 4. The number of para-hydroxylation sites is 1. The van der Waals surface area contributed by atoms with Crippen LogP contribution in [0.25, 0.3) is 11.3 Å². The zero-order valence-electron chi connectivity index (χ0n) is 16.4. The molecule has 0 amide bonds. The van der Waals surface area contributed by atoms with Gasteiger partial charge in [-0.2, -0.15) is 0 Å². The largest absolute Gasteiger partial charge is 0.478 e. The van der Waals surface area contributed by atoms with Gasteiger partial charge in [0.2, 0.25) is 0 Å². The van der Waals surface area contributed by atoms with Gasteiger partial charge in [0.25, 0.3) is 0 Å². The lowest BCUT2D eigenvalue weighted by molar-refractivity contribution is 0.0697. The Labute approximate surface area is 174 Å². The van der Waals surface area contributed by atoms with Crippen molar-refractivity contribution in [1.29, 1.82) is 0 Å². The van der Waals surface area contributed by atoms with E-state index < -0.39 is 5.97 Å². The summed E-state index contributed by atoms with van der Waals surface area (Å²) in [6.45, 7) is 1.86. The number of furan rings is 1. The zero-order valence-corrected chi connectivity index (χ0v) is 16.4. The standard InChI is InChI=1S/C25H20N2O3/c1-17-15-18(25(28)29)7-13-23(17)24-14-12-22(30-24)16-26-19-8-10-21(11-9-19)27-20-5-3-2-4-6-20/h2-16,27H,1H3,(H,28,29). The fourth-order valence-corrected chi connectivity index (χ4v) is 3.10. The topological polar surface area (TPSA) is 74.8 Å². The number of benzene rings is 3. The first-order valence-electron chi connectivity index (χ1n) is 9.49. The van der Waals surface area contributed by atoms with Crippen LogP contribution in [-0.2, 0) is 0 Å². The Morgan fingerprint density at radius 1 is 0.933 bits per heavy atom. The minimum Gasteiger partial charge on any atom is -0.478 e. The van der Waals surface area contributed by atoms with Crippen LogP contribution in [0.2, 0.25) is 0 Å². The summed E-state index contributed by atoms with van der Waals surface area (Å²) >= 11 is 0. The number of anilines is 2. The molecule has 0 aliphatic carbocycles. The fraction of sp³-hybridized carbons (Fsp3) is 0.0400. The van der Waals surface area contributed by atoms with Gasteiger partial charge in [0.05, 0.1) is 17.5 Å². The average Bonchev–Trinajstić information content (AvgIpc) is 3.22. The van der Waals surface area contributed by atoms with E-state index in [1.807, 2.05) is 73.7 Å². The quantitative estimate of drug-likeness (QED) is 0.367. The third-order valence-corrected chi connectivity index (χ3v) is 4.64. The molecule has 1 heterocycles. The van der Waals surface area contributed by atoms with Gasteiger partial charge in [0.1, 0.15) is 11.5 Å². The number of carboxylic acid groups (broad SMARTS) is 1. The molecule has 5 nitrogen and oxygen atoms in total. The second-order valence-corrected chi connectivity index (χ2v) is 6.83. The van der Waals surface area contributed by atoms with Crippen molar-refractivity contribution in [1.82, 2.24) is 0 Å². The number of carbonyl (C=O) groups is 1. The van der Waals surface area contributed by atoms with E-state index in [0.29, 0.717) is 11.5 Å². The lowest BCUT2D eigenvalue weighted by Gasteiger charge is -2.05. The van der Waals surface area contributed by atoms with Gasteiger partial charge >= 0.3 is 5.97 Å². The molecule has 0 fully saturated rings. The second kappa shape index (κ2) is 8.49. The van der Waals surface area contributed by atoms with Crippen LogP contribution in [-0.4, -0.2) is 17.3 Å². The van der Waals surface area contributed by atoms with Gasteiger partial charge < -0.3 is 14.8 Å². The van der Waals surface area contributed by atoms with Crippen molar-refractivity contribution in [3.63, 3.8) is 0 Å². The van der Waals surface area contributed by atoms with Gasteiger partial charge in [-0.25, -0.2) is 4.79 Å². The van der Waals surface area contributed by atoms with Crippen molar-refractivity contribution in [2.75, 3.05) is 5.32 Å². The van der Waals surface area contributed by atoms with Crippen LogP contribution in [0.4, 0.5) is 17.1 Å². The molecule has 4 rings (SSSR count). The molecule has 5 heteroatoms. The maximum absolute atomic E-state index is 11.1. The lowest BCUT2D eigenvalue weighted by Crippen LogP contribution is -1.96. The summed E-state index contributed by atoms with van der Waals surface area (Å²) in [4.78, 5) is 15.6. The monoisotopic (exact) mass is 396 g/mol. The highest BCUT2D eigenvalue weighted by Gasteiger charge is 2.10. The number of hydrogen-bond donors (Lipinski definition) is 2. The Hall–Kier alpha value is -4.12. The van der Waals surface area contributed by atoms with E-state index in [9.17, 15) is 4.79 Å². The number of carboxylic acids is 1. The molecular weight excluding hydrogens is 376 g/mol. The number of aliphatic imine (C=N–C) groups is 1. The van der Waals surface area contributed by atoms with Gasteiger partial charge in [-0.05, 0) is 73.2 Å². The van der Waals surface area contributed by atoms with Crippen molar-refractivity contribution in [2.45, 2.75) is 6.92 Å². The van der Waals surface area contributed by atoms with Gasteiger partial charge in [-0.3, -0.25) is 4.99 Å². The van der Waals surface area contributed by atoms with Crippen molar-refractivity contribution in [2.24, 2.45) is 4.99 Å². The Morgan fingerprint density at radius 3 is 2.37 bits per heavy atom. The van der Waals surface area contributed by atoms with Crippen LogP contribution >= 0.6 is 0 Å². The van der Waals surface area contributed by atoms with Crippen LogP contribution in [0.1, 0.15) is 21.7 Å². The Bertz CT molecular complexity index is 1190. The third kappa shape index (κ3) is 4.47. The molecule has 0 atom stereocenters. The normalized spacial score (nSPS) is 11.0. The molecule has 148 valence electrons. The van der Waals surface area contributed by atoms with E-state index in [-0.39, 0.29) is 5.56 Å². The van der Waals surface area contributed by atoms with E-state index in [4.69, 9.17) is 9.52 Å². The molecular formula is C25H20N2O3. The van der Waals surface area contributed by atoms with Gasteiger partial charge in [0.15, 0.2) is 0 Å². The molecule has 0 spiro atoms. The fourth-order valence-electron chi connectivity index (χ4n) is 3.10. The highest BCUT2D eigenvalue weighted by Crippen LogP contribution is 2.26. The van der Waals surface area contributed by atoms with E-state index in [1.165, 1.54) is 0 Å². The highest BCUT2D eigenvalue weighted by molar-refractivity contribution is 5.89. The summed E-state index contributed by atoms with van der Waals surface area (Å²) in [5.41, 5.74) is 4.79. The summed E-state index contributed by atoms with van der Waals surface area (Å²) in [5, 5.41) is 12.4. The van der Waals surface area contributed by atoms with Gasteiger partial charge in [0, 0.05) is 16.9 Å². The Kier molecular flexibility index (Phi) is 5.44. The third-order valence-electron chi connectivity index (χ3n) is 4.64. The first-order chi connectivity index (χ1) is 14.6. The van der Waals surface area contributed by atoms with Crippen LogP contribution < -0.4 is 5.32 Å². The molecule has 0 saturated heterocycles. The Morgan fingerprint density at radius 2 is 1.67 bits per heavy atom. The predicted octanol–water partition coefficient (Wildman–Crippen LogP) is 6.45. The molecule has 0 bridgehead atoms. The molecule has 3 aromatic carbocycles. The molecule has 2 N–H and O–H groups in total. The molecule has 0 aliphatic rings. The van der Waals surface area contributed by atoms with Crippen LogP contribution in [0, 0.1) is 6.92 Å². The van der Waals surface area contributed by atoms with E-state index >= 15 is 0 Å². The minimum absolute atomic E-state index is 0.259. The molecule has 1 aromatic heterocycles. The molecule has 0 unspecified atom stereocenters. The average molecular weight is 396 g/mol. The molecule has 30 heavy (non-hydrogen) atoms. The number of nitrogens with zero attached hydrogens (tertiary/aromatic N) is 1. The number of aryl methyl sites for hydroxylation is 1. The summed E-state index contributed by atoms with van der Waals surface area (Å²) in [5.74, 6) is 0.355. The minimum atomic E-state index is -0.943. The summed E-state index contributed by atoms with van der Waals surface area (Å²) in [7, 11) is 0. The molecule has 0 saturated carbocycles.